The molecule has 0 atom stereocenters. The first-order valence-electron chi connectivity index (χ1n) is 6.38. The molecule has 0 fully saturated rings. The normalized spacial score (nSPS) is 11.2. The van der Waals surface area contributed by atoms with E-state index in [-0.39, 0.29) is 0 Å². The number of nitrogens with zero attached hydrogens (tertiary/aromatic N) is 2. The fourth-order valence-corrected chi connectivity index (χ4v) is 1.99. The van der Waals surface area contributed by atoms with E-state index in [2.05, 4.69) is 12.3 Å². The largest absolute Gasteiger partial charge is 0.326 e. The Labute approximate surface area is 111 Å². The van der Waals surface area contributed by atoms with Crippen molar-refractivity contribution in [2.75, 3.05) is 12.0 Å². The Morgan fingerprint density at radius 2 is 2.21 bits per heavy atom. The van der Waals surface area contributed by atoms with Crippen LogP contribution in [0.25, 0.3) is 17.0 Å². The van der Waals surface area contributed by atoms with Gasteiger partial charge in [-0.25, -0.2) is 0 Å². The van der Waals surface area contributed by atoms with Crippen LogP contribution >= 0.6 is 0 Å². The van der Waals surface area contributed by atoms with Gasteiger partial charge in [0.25, 0.3) is 0 Å². The predicted octanol–water partition coefficient (Wildman–Crippen LogP) is 3.23. The summed E-state index contributed by atoms with van der Waals surface area (Å²) in [6.07, 6.45) is 6.60. The van der Waals surface area contributed by atoms with E-state index in [4.69, 9.17) is 0 Å². The number of benzene rings is 1. The van der Waals surface area contributed by atoms with Gasteiger partial charge in [-0.15, -0.1) is 0 Å². The highest BCUT2D eigenvalue weighted by atomic mass is 16.6. The molecule has 0 aliphatic carbocycles. The zero-order valence-electron chi connectivity index (χ0n) is 10.9. The second-order valence-electron chi connectivity index (χ2n) is 4.33. The highest BCUT2D eigenvalue weighted by molar-refractivity contribution is 5.89. The predicted molar refractivity (Wildman–Crippen MR) is 77.1 cm³/mol. The van der Waals surface area contributed by atoms with E-state index < -0.39 is 4.92 Å². The van der Waals surface area contributed by atoms with Crippen molar-refractivity contribution in [2.24, 2.45) is 0 Å². The van der Waals surface area contributed by atoms with Gasteiger partial charge in [-0.1, -0.05) is 31.5 Å². The lowest BCUT2D eigenvalue weighted by molar-refractivity contribution is -0.400. The molecule has 0 bridgehead atoms. The number of nitro groups is 1. The molecule has 19 heavy (non-hydrogen) atoms. The lowest BCUT2D eigenvalue weighted by Crippen LogP contribution is -2.14. The molecule has 0 saturated carbocycles. The smallest absolute Gasteiger partial charge is 0.235 e. The van der Waals surface area contributed by atoms with Crippen LogP contribution in [0.4, 0.5) is 0 Å². The molecule has 100 valence electrons. The minimum Gasteiger partial charge on any atom is -0.326 e. The molecular formula is C14H17N3O2. The van der Waals surface area contributed by atoms with E-state index >= 15 is 0 Å². The quantitative estimate of drug-likeness (QED) is 0.492. The SMILES string of the molecule is CCCCNn1cc(C=C[N+](=O)[O-])c2ccccc21. The van der Waals surface area contributed by atoms with Crippen LogP contribution in [0.5, 0.6) is 0 Å². The van der Waals surface area contributed by atoms with Gasteiger partial charge in [0, 0.05) is 29.8 Å². The van der Waals surface area contributed by atoms with E-state index in [1.807, 2.05) is 35.1 Å². The Morgan fingerprint density at radius 1 is 1.42 bits per heavy atom. The van der Waals surface area contributed by atoms with Crippen molar-refractivity contribution >= 4 is 17.0 Å². The van der Waals surface area contributed by atoms with Gasteiger partial charge in [0.1, 0.15) is 0 Å². The van der Waals surface area contributed by atoms with Crippen LogP contribution in [0, 0.1) is 10.1 Å². The van der Waals surface area contributed by atoms with Gasteiger partial charge in [0.2, 0.25) is 6.20 Å². The molecule has 1 heterocycles. The van der Waals surface area contributed by atoms with Gasteiger partial charge >= 0.3 is 0 Å². The number of hydrogen-bond donors (Lipinski definition) is 1. The zero-order valence-corrected chi connectivity index (χ0v) is 10.9. The Morgan fingerprint density at radius 3 is 2.95 bits per heavy atom. The highest BCUT2D eigenvalue weighted by Gasteiger charge is 2.06. The van der Waals surface area contributed by atoms with Crippen molar-refractivity contribution in [1.29, 1.82) is 0 Å². The summed E-state index contributed by atoms with van der Waals surface area (Å²) >= 11 is 0. The first kappa shape index (κ1) is 13.1. The Hall–Kier alpha value is -2.30. The summed E-state index contributed by atoms with van der Waals surface area (Å²) in [5, 5.41) is 11.4. The average molecular weight is 259 g/mol. The van der Waals surface area contributed by atoms with Crippen molar-refractivity contribution in [3.8, 4) is 0 Å². The fourth-order valence-electron chi connectivity index (χ4n) is 1.99. The van der Waals surface area contributed by atoms with E-state index in [1.54, 1.807) is 0 Å². The third kappa shape index (κ3) is 3.13. The minimum atomic E-state index is -0.448. The molecule has 1 aromatic heterocycles. The molecule has 0 saturated heterocycles. The first-order chi connectivity index (χ1) is 9.22. The van der Waals surface area contributed by atoms with Crippen molar-refractivity contribution in [3.05, 3.63) is 52.3 Å². The average Bonchev–Trinajstić information content (AvgIpc) is 2.76. The maximum atomic E-state index is 10.4. The van der Waals surface area contributed by atoms with Crippen LogP contribution in [0.15, 0.2) is 36.7 Å². The van der Waals surface area contributed by atoms with Crippen LogP contribution in [0.1, 0.15) is 25.3 Å². The molecule has 2 aromatic rings. The van der Waals surface area contributed by atoms with Gasteiger partial charge < -0.3 is 5.43 Å². The molecule has 1 aromatic carbocycles. The minimum absolute atomic E-state index is 0.448. The zero-order chi connectivity index (χ0) is 13.7. The van der Waals surface area contributed by atoms with E-state index in [0.29, 0.717) is 0 Å². The van der Waals surface area contributed by atoms with Gasteiger partial charge in [-0.2, -0.15) is 0 Å². The monoisotopic (exact) mass is 259 g/mol. The number of fused-ring (bicyclic) bond motifs is 1. The second kappa shape index (κ2) is 6.04. The molecule has 0 aliphatic heterocycles. The topological polar surface area (TPSA) is 60.1 Å². The molecule has 5 nitrogen and oxygen atoms in total. The summed E-state index contributed by atoms with van der Waals surface area (Å²) in [7, 11) is 0. The molecule has 0 unspecified atom stereocenters. The van der Waals surface area contributed by atoms with Crippen LogP contribution in [0.3, 0.4) is 0 Å². The van der Waals surface area contributed by atoms with Crippen molar-refractivity contribution < 1.29 is 4.92 Å². The van der Waals surface area contributed by atoms with Crippen LogP contribution in [-0.2, 0) is 0 Å². The number of unbranched alkanes of at least 4 members (excludes halogenated alkanes) is 1. The lowest BCUT2D eigenvalue weighted by atomic mass is 10.2. The van der Waals surface area contributed by atoms with Crippen molar-refractivity contribution in [2.45, 2.75) is 19.8 Å². The Bertz CT molecular complexity index is 602. The van der Waals surface area contributed by atoms with Crippen molar-refractivity contribution in [1.82, 2.24) is 4.68 Å². The van der Waals surface area contributed by atoms with E-state index in [9.17, 15) is 10.1 Å². The van der Waals surface area contributed by atoms with Crippen LogP contribution in [-0.4, -0.2) is 16.1 Å². The van der Waals surface area contributed by atoms with Gasteiger partial charge in [0.05, 0.1) is 10.4 Å². The summed E-state index contributed by atoms with van der Waals surface area (Å²) in [5.41, 5.74) is 5.18. The van der Waals surface area contributed by atoms with Crippen LogP contribution in [0.2, 0.25) is 0 Å². The number of rotatable bonds is 6. The molecule has 0 radical (unpaired) electrons. The molecule has 0 spiro atoms. The summed E-state index contributed by atoms with van der Waals surface area (Å²) in [6, 6.07) is 7.86. The first-order valence-corrected chi connectivity index (χ1v) is 6.38. The van der Waals surface area contributed by atoms with E-state index in [0.717, 1.165) is 42.1 Å². The standard InChI is InChI=1S/C14H17N3O2/c1-2-3-9-15-16-11-12(8-10-17(18)19)13-6-4-5-7-14(13)16/h4-8,10-11,15H,2-3,9H2,1H3. The van der Waals surface area contributed by atoms with Gasteiger partial charge in [0.15, 0.2) is 0 Å². The van der Waals surface area contributed by atoms with E-state index in [1.165, 1.54) is 6.08 Å². The fraction of sp³-hybridized carbons (Fsp3) is 0.286. The molecule has 2 rings (SSSR count). The molecule has 5 heteroatoms. The Kier molecular flexibility index (Phi) is 4.18. The second-order valence-corrected chi connectivity index (χ2v) is 4.33. The number of aromatic nitrogens is 1. The highest BCUT2D eigenvalue weighted by Crippen LogP contribution is 2.21. The third-order valence-electron chi connectivity index (χ3n) is 2.93. The molecule has 1 N–H and O–H groups in total. The summed E-state index contributed by atoms with van der Waals surface area (Å²) in [5.74, 6) is 0. The maximum Gasteiger partial charge on any atom is 0.235 e. The van der Waals surface area contributed by atoms with Crippen LogP contribution < -0.4 is 5.43 Å². The summed E-state index contributed by atoms with van der Waals surface area (Å²) in [4.78, 5) is 9.97. The Balaban J connectivity index is 2.34. The molecular weight excluding hydrogens is 242 g/mol. The lowest BCUT2D eigenvalue weighted by Gasteiger charge is -2.07. The molecule has 0 amide bonds. The third-order valence-corrected chi connectivity index (χ3v) is 2.93. The number of nitrogens with one attached hydrogen (secondary N) is 1. The molecule has 0 aliphatic rings. The van der Waals surface area contributed by atoms with Gasteiger partial charge in [-0.05, 0) is 12.5 Å². The van der Waals surface area contributed by atoms with Gasteiger partial charge in [-0.3, -0.25) is 14.8 Å². The number of para-hydroxylation sites is 1. The van der Waals surface area contributed by atoms with Crippen molar-refractivity contribution in [3.63, 3.8) is 0 Å². The number of hydrogen-bond acceptors (Lipinski definition) is 3. The summed E-state index contributed by atoms with van der Waals surface area (Å²) < 4.78 is 1.94. The maximum absolute atomic E-state index is 10.4. The summed E-state index contributed by atoms with van der Waals surface area (Å²) in [6.45, 7) is 3.02.